The van der Waals surface area contributed by atoms with Crippen molar-refractivity contribution in [1.82, 2.24) is 10.6 Å². The average molecular weight is 191 g/mol. The molecule has 2 N–H and O–H groups in total. The molecule has 74 valence electrons. The summed E-state index contributed by atoms with van der Waals surface area (Å²) in [5, 5.41) is 5.79. The summed E-state index contributed by atoms with van der Waals surface area (Å²) in [6.07, 6.45) is 7.92. The molecule has 1 amide bonds. The van der Waals surface area contributed by atoms with Crippen molar-refractivity contribution in [2.75, 3.05) is 6.54 Å². The minimum Gasteiger partial charge on any atom is -0.357 e. The number of carbonyl (C=O) groups is 1. The van der Waals surface area contributed by atoms with Gasteiger partial charge >= 0.3 is 0 Å². The third kappa shape index (κ3) is 1.55. The first-order chi connectivity index (χ1) is 6.81. The molecule has 0 saturated carbocycles. The highest BCUT2D eigenvalue weighted by Gasteiger charge is 2.28. The smallest absolute Gasteiger partial charge is 0.286 e. The van der Waals surface area contributed by atoms with Gasteiger partial charge in [-0.2, -0.15) is 0 Å². The van der Waals surface area contributed by atoms with Gasteiger partial charge in [-0.25, -0.2) is 0 Å². The molecule has 1 aliphatic heterocycles. The van der Waals surface area contributed by atoms with Crippen molar-refractivity contribution in [3.8, 4) is 0 Å². The number of carbonyl (C=O) groups excluding carboxylic acids is 1. The van der Waals surface area contributed by atoms with E-state index < -0.39 is 0 Å². The second kappa shape index (κ2) is 3.65. The first-order valence-electron chi connectivity index (χ1n) is 4.79. The molecule has 0 saturated heterocycles. The molecule has 1 aliphatic carbocycles. The molecule has 0 aromatic rings. The number of amidine groups is 1. The van der Waals surface area contributed by atoms with E-state index in [1.54, 1.807) is 0 Å². The largest absolute Gasteiger partial charge is 0.357 e. The van der Waals surface area contributed by atoms with Gasteiger partial charge in [-0.05, 0) is 6.92 Å². The summed E-state index contributed by atoms with van der Waals surface area (Å²) in [6, 6.07) is 0.232. The molecule has 2 rings (SSSR count). The van der Waals surface area contributed by atoms with Crippen LogP contribution in [0.3, 0.4) is 0 Å². The summed E-state index contributed by atoms with van der Waals surface area (Å²) in [4.78, 5) is 15.7. The number of rotatable bonds is 2. The molecule has 0 spiro atoms. The van der Waals surface area contributed by atoms with Crippen LogP contribution in [0.15, 0.2) is 29.3 Å². The quantitative estimate of drug-likeness (QED) is 0.645. The number of likely N-dealkylation sites (N-methyl/N-ethyl adjacent to an activating group) is 1. The molecule has 0 radical (unpaired) electrons. The van der Waals surface area contributed by atoms with Crippen LogP contribution >= 0.6 is 0 Å². The number of hydrogen-bond acceptors (Lipinski definition) is 3. The highest BCUT2D eigenvalue weighted by molar-refractivity contribution is 6.38. The fourth-order valence-corrected chi connectivity index (χ4v) is 1.56. The van der Waals surface area contributed by atoms with Gasteiger partial charge in [-0.15, -0.1) is 0 Å². The molecule has 0 bridgehead atoms. The Bertz CT molecular complexity index is 330. The SMILES string of the molecule is CCNC(=O)C1=NC2C=CC=CC2N1. The van der Waals surface area contributed by atoms with Gasteiger partial charge in [0, 0.05) is 6.54 Å². The van der Waals surface area contributed by atoms with Gasteiger partial charge in [0.05, 0.1) is 12.1 Å². The number of hydrogen-bond donors (Lipinski definition) is 2. The predicted octanol–water partition coefficient (Wildman–Crippen LogP) is -0.0126. The van der Waals surface area contributed by atoms with E-state index in [9.17, 15) is 4.79 Å². The van der Waals surface area contributed by atoms with Crippen molar-refractivity contribution < 1.29 is 4.79 Å². The zero-order valence-electron chi connectivity index (χ0n) is 8.03. The second-order valence-electron chi connectivity index (χ2n) is 3.27. The maximum absolute atomic E-state index is 11.4. The Morgan fingerprint density at radius 2 is 2.36 bits per heavy atom. The van der Waals surface area contributed by atoms with E-state index in [2.05, 4.69) is 15.6 Å². The van der Waals surface area contributed by atoms with Crippen LogP contribution in [0.2, 0.25) is 0 Å². The van der Waals surface area contributed by atoms with E-state index >= 15 is 0 Å². The van der Waals surface area contributed by atoms with Crippen LogP contribution in [0.5, 0.6) is 0 Å². The molecular formula is C10H13N3O. The van der Waals surface area contributed by atoms with Gasteiger partial charge in [-0.1, -0.05) is 24.3 Å². The van der Waals surface area contributed by atoms with Gasteiger partial charge < -0.3 is 10.6 Å². The van der Waals surface area contributed by atoms with E-state index in [-0.39, 0.29) is 18.0 Å². The Balaban J connectivity index is 2.07. The maximum Gasteiger partial charge on any atom is 0.286 e. The lowest BCUT2D eigenvalue weighted by molar-refractivity contribution is -0.114. The minimum absolute atomic E-state index is 0.0811. The van der Waals surface area contributed by atoms with E-state index in [0.29, 0.717) is 12.4 Å². The molecule has 2 atom stereocenters. The van der Waals surface area contributed by atoms with Gasteiger partial charge in [0.1, 0.15) is 0 Å². The number of allylic oxidation sites excluding steroid dienone is 2. The number of amides is 1. The molecule has 4 heteroatoms. The third-order valence-electron chi connectivity index (χ3n) is 2.24. The van der Waals surface area contributed by atoms with Crippen molar-refractivity contribution >= 4 is 11.7 Å². The molecule has 0 aromatic heterocycles. The van der Waals surface area contributed by atoms with Crippen LogP contribution in [0.25, 0.3) is 0 Å². The van der Waals surface area contributed by atoms with Crippen LogP contribution in [0, 0.1) is 0 Å². The van der Waals surface area contributed by atoms with Crippen LogP contribution in [0.1, 0.15) is 6.92 Å². The lowest BCUT2D eigenvalue weighted by atomic mass is 10.1. The maximum atomic E-state index is 11.4. The number of fused-ring (bicyclic) bond motifs is 1. The molecule has 0 fully saturated rings. The van der Waals surface area contributed by atoms with Gasteiger partial charge in [0.15, 0.2) is 5.84 Å². The first-order valence-corrected chi connectivity index (χ1v) is 4.79. The molecule has 14 heavy (non-hydrogen) atoms. The molecule has 2 unspecified atom stereocenters. The van der Waals surface area contributed by atoms with Crippen molar-refractivity contribution in [3.63, 3.8) is 0 Å². The Morgan fingerprint density at radius 1 is 1.57 bits per heavy atom. The fraction of sp³-hybridized carbons (Fsp3) is 0.400. The van der Waals surface area contributed by atoms with Gasteiger partial charge in [-0.3, -0.25) is 9.79 Å². The van der Waals surface area contributed by atoms with Gasteiger partial charge in [0.25, 0.3) is 5.91 Å². The summed E-state index contributed by atoms with van der Waals surface area (Å²) in [5.74, 6) is 0.321. The molecule has 1 heterocycles. The van der Waals surface area contributed by atoms with E-state index in [1.807, 2.05) is 31.2 Å². The summed E-state index contributed by atoms with van der Waals surface area (Å²) in [6.45, 7) is 2.51. The molecule has 4 nitrogen and oxygen atoms in total. The van der Waals surface area contributed by atoms with Crippen molar-refractivity contribution in [2.24, 2.45) is 4.99 Å². The summed E-state index contributed by atoms with van der Waals surface area (Å²) in [5.41, 5.74) is 0. The Morgan fingerprint density at radius 3 is 3.07 bits per heavy atom. The van der Waals surface area contributed by atoms with Crippen LogP contribution in [-0.4, -0.2) is 30.4 Å². The minimum atomic E-state index is -0.122. The Hall–Kier alpha value is -1.58. The summed E-state index contributed by atoms with van der Waals surface area (Å²) < 4.78 is 0. The van der Waals surface area contributed by atoms with Crippen molar-refractivity contribution in [1.29, 1.82) is 0 Å². The highest BCUT2D eigenvalue weighted by atomic mass is 16.2. The monoisotopic (exact) mass is 191 g/mol. The normalized spacial score (nSPS) is 27.9. The van der Waals surface area contributed by atoms with E-state index in [0.717, 1.165) is 0 Å². The predicted molar refractivity (Wildman–Crippen MR) is 55.1 cm³/mol. The lowest BCUT2D eigenvalue weighted by Crippen LogP contribution is -2.41. The number of nitrogens with zero attached hydrogens (tertiary/aromatic N) is 1. The van der Waals surface area contributed by atoms with Crippen LogP contribution < -0.4 is 10.6 Å². The third-order valence-corrected chi connectivity index (χ3v) is 2.24. The molecule has 0 aromatic carbocycles. The summed E-state index contributed by atoms with van der Waals surface area (Å²) >= 11 is 0. The standard InChI is InChI=1S/C10H13N3O/c1-2-11-10(14)9-12-7-5-3-4-6-8(7)13-9/h3-8H,2H2,1H3,(H,11,14)(H,12,13). The zero-order chi connectivity index (χ0) is 9.97. The first kappa shape index (κ1) is 8.99. The van der Waals surface area contributed by atoms with Gasteiger partial charge in [0.2, 0.25) is 0 Å². The van der Waals surface area contributed by atoms with E-state index in [1.165, 1.54) is 0 Å². The van der Waals surface area contributed by atoms with E-state index in [4.69, 9.17) is 0 Å². The van der Waals surface area contributed by atoms with Crippen molar-refractivity contribution in [2.45, 2.75) is 19.0 Å². The highest BCUT2D eigenvalue weighted by Crippen LogP contribution is 2.13. The fourth-order valence-electron chi connectivity index (χ4n) is 1.56. The Kier molecular flexibility index (Phi) is 2.35. The topological polar surface area (TPSA) is 53.5 Å². The average Bonchev–Trinajstić information content (AvgIpc) is 2.61. The zero-order valence-corrected chi connectivity index (χ0v) is 8.03. The van der Waals surface area contributed by atoms with Crippen LogP contribution in [0.4, 0.5) is 0 Å². The lowest BCUT2D eigenvalue weighted by Gasteiger charge is -2.13. The van der Waals surface area contributed by atoms with Crippen molar-refractivity contribution in [3.05, 3.63) is 24.3 Å². The molecule has 2 aliphatic rings. The second-order valence-corrected chi connectivity index (χ2v) is 3.27. The Labute approximate surface area is 82.8 Å². The van der Waals surface area contributed by atoms with Crippen LogP contribution in [-0.2, 0) is 4.79 Å². The molecular weight excluding hydrogens is 178 g/mol. The number of nitrogens with one attached hydrogen (secondary N) is 2. The number of aliphatic imine (C=N–C) groups is 1. The summed E-state index contributed by atoms with van der Waals surface area (Å²) in [7, 11) is 0.